The van der Waals surface area contributed by atoms with Gasteiger partial charge in [-0.05, 0) is 26.0 Å². The summed E-state index contributed by atoms with van der Waals surface area (Å²) in [6.07, 6.45) is 0. The molecule has 0 unspecified atom stereocenters. The number of hydrogen-bond acceptors (Lipinski definition) is 5. The molecular weight excluding hydrogens is 290 g/mol. The van der Waals surface area contributed by atoms with Gasteiger partial charge < -0.3 is 14.4 Å². The molecule has 7 heteroatoms. The molecule has 0 saturated heterocycles. The van der Waals surface area contributed by atoms with Gasteiger partial charge in [-0.1, -0.05) is 29.5 Å². The van der Waals surface area contributed by atoms with Crippen LogP contribution in [0.15, 0.2) is 29.4 Å². The van der Waals surface area contributed by atoms with Crippen molar-refractivity contribution in [2.75, 3.05) is 0 Å². The molecule has 2 aromatic rings. The summed E-state index contributed by atoms with van der Waals surface area (Å²) in [5.74, 6) is 0.535. The zero-order chi connectivity index (χ0) is 15.4. The molecule has 0 aliphatic carbocycles. The van der Waals surface area contributed by atoms with Crippen LogP contribution in [0.3, 0.4) is 0 Å². The van der Waals surface area contributed by atoms with E-state index in [2.05, 4.69) is 10.2 Å². The second-order valence-electron chi connectivity index (χ2n) is 4.66. The summed E-state index contributed by atoms with van der Waals surface area (Å²) in [4.78, 5) is 10.9. The van der Waals surface area contributed by atoms with E-state index in [1.165, 1.54) is 5.56 Å². The van der Waals surface area contributed by atoms with Crippen LogP contribution in [0.2, 0.25) is 0 Å². The summed E-state index contributed by atoms with van der Waals surface area (Å²) in [7, 11) is 1.80. The number of nitrogens with zero attached hydrogens (tertiary/aromatic N) is 3. The second-order valence-corrected chi connectivity index (χ2v) is 5.97. The van der Waals surface area contributed by atoms with Crippen molar-refractivity contribution in [2.24, 2.45) is 7.05 Å². The van der Waals surface area contributed by atoms with Gasteiger partial charge in [0.05, 0.1) is 0 Å². The van der Waals surface area contributed by atoms with Gasteiger partial charge >= 0.3 is 5.97 Å². The van der Waals surface area contributed by atoms with Crippen LogP contribution in [0.1, 0.15) is 18.3 Å². The lowest BCUT2D eigenvalue weighted by Gasteiger charge is -2.08. The SMILES string of the molecule is Cc1ccc(OCc2nnc(S[C@@H](C)C(=O)O)n2C)cc1. The highest BCUT2D eigenvalue weighted by Crippen LogP contribution is 2.22. The fourth-order valence-electron chi connectivity index (χ4n) is 1.56. The predicted octanol–water partition coefficient (Wildman–Crippen LogP) is 2.27. The van der Waals surface area contributed by atoms with Gasteiger partial charge in [0.1, 0.15) is 17.6 Å². The first-order valence-electron chi connectivity index (χ1n) is 6.44. The van der Waals surface area contributed by atoms with Gasteiger partial charge in [-0.2, -0.15) is 0 Å². The number of carboxylic acids is 1. The third-order valence-electron chi connectivity index (χ3n) is 2.94. The van der Waals surface area contributed by atoms with Gasteiger partial charge in [-0.15, -0.1) is 10.2 Å². The number of thioether (sulfide) groups is 1. The smallest absolute Gasteiger partial charge is 0.316 e. The Balaban J connectivity index is 2.00. The van der Waals surface area contributed by atoms with Crippen LogP contribution in [0.5, 0.6) is 5.75 Å². The van der Waals surface area contributed by atoms with Crippen molar-refractivity contribution in [1.82, 2.24) is 14.8 Å². The standard InChI is InChI=1S/C14H17N3O3S/c1-9-4-6-11(7-5-9)20-8-12-15-16-14(17(12)3)21-10(2)13(18)19/h4-7,10H,8H2,1-3H3,(H,18,19)/t10-/m0/s1. The molecule has 0 aliphatic rings. The largest absolute Gasteiger partial charge is 0.486 e. The summed E-state index contributed by atoms with van der Waals surface area (Å²) in [6.45, 7) is 3.91. The Morgan fingerprint density at radius 3 is 2.67 bits per heavy atom. The van der Waals surface area contributed by atoms with E-state index < -0.39 is 11.2 Å². The minimum Gasteiger partial charge on any atom is -0.486 e. The Bertz CT molecular complexity index is 625. The lowest BCUT2D eigenvalue weighted by atomic mass is 10.2. The van der Waals surface area contributed by atoms with E-state index in [-0.39, 0.29) is 6.61 Å². The van der Waals surface area contributed by atoms with Crippen LogP contribution in [0.25, 0.3) is 0 Å². The minimum atomic E-state index is -0.875. The number of benzene rings is 1. The van der Waals surface area contributed by atoms with E-state index >= 15 is 0 Å². The maximum absolute atomic E-state index is 10.9. The van der Waals surface area contributed by atoms with E-state index in [1.807, 2.05) is 31.2 Å². The monoisotopic (exact) mass is 307 g/mol. The van der Waals surface area contributed by atoms with Crippen LogP contribution >= 0.6 is 11.8 Å². The Morgan fingerprint density at radius 2 is 2.05 bits per heavy atom. The highest BCUT2D eigenvalue weighted by Gasteiger charge is 2.17. The zero-order valence-corrected chi connectivity index (χ0v) is 12.9. The second kappa shape index (κ2) is 6.62. The Morgan fingerprint density at radius 1 is 1.38 bits per heavy atom. The third-order valence-corrected chi connectivity index (χ3v) is 4.07. The molecule has 1 heterocycles. The molecule has 21 heavy (non-hydrogen) atoms. The Hall–Kier alpha value is -2.02. The molecule has 1 aromatic heterocycles. The first-order valence-corrected chi connectivity index (χ1v) is 7.32. The highest BCUT2D eigenvalue weighted by atomic mass is 32.2. The average Bonchev–Trinajstić information content (AvgIpc) is 2.79. The highest BCUT2D eigenvalue weighted by molar-refractivity contribution is 8.00. The molecule has 1 aromatic carbocycles. The number of rotatable bonds is 6. The van der Waals surface area contributed by atoms with E-state index in [1.54, 1.807) is 18.5 Å². The van der Waals surface area contributed by atoms with Gasteiger partial charge in [0, 0.05) is 7.05 Å². The zero-order valence-electron chi connectivity index (χ0n) is 12.1. The van der Waals surface area contributed by atoms with Gasteiger partial charge in [0.2, 0.25) is 0 Å². The molecule has 0 amide bonds. The Kier molecular flexibility index (Phi) is 4.85. The Labute approximate surface area is 127 Å². The quantitative estimate of drug-likeness (QED) is 0.825. The normalized spacial score (nSPS) is 12.1. The molecule has 0 spiro atoms. The van der Waals surface area contributed by atoms with E-state index in [4.69, 9.17) is 9.84 Å². The van der Waals surface area contributed by atoms with Crippen LogP contribution in [0.4, 0.5) is 0 Å². The molecule has 0 fully saturated rings. The number of hydrogen-bond donors (Lipinski definition) is 1. The molecular formula is C14H17N3O3S. The molecule has 6 nitrogen and oxygen atoms in total. The van der Waals surface area contributed by atoms with E-state index in [0.717, 1.165) is 17.5 Å². The van der Waals surface area contributed by atoms with Gasteiger partial charge in [0.25, 0.3) is 0 Å². The summed E-state index contributed by atoms with van der Waals surface area (Å²) < 4.78 is 7.39. The number of ether oxygens (including phenoxy) is 1. The van der Waals surface area contributed by atoms with Crippen molar-refractivity contribution in [3.05, 3.63) is 35.7 Å². The first-order chi connectivity index (χ1) is 9.97. The van der Waals surface area contributed by atoms with Crippen LogP contribution in [-0.2, 0) is 18.4 Å². The van der Waals surface area contributed by atoms with Gasteiger partial charge in [-0.25, -0.2) is 0 Å². The number of aromatic nitrogens is 3. The summed E-state index contributed by atoms with van der Waals surface area (Å²) in [5, 5.41) is 16.9. The lowest BCUT2D eigenvalue weighted by Crippen LogP contribution is -2.12. The summed E-state index contributed by atoms with van der Waals surface area (Å²) in [5.41, 5.74) is 1.17. The topological polar surface area (TPSA) is 77.2 Å². The fourth-order valence-corrected chi connectivity index (χ4v) is 2.33. The molecule has 0 saturated carbocycles. The molecule has 0 radical (unpaired) electrons. The van der Waals surface area contributed by atoms with Crippen molar-refractivity contribution >= 4 is 17.7 Å². The van der Waals surface area contributed by atoms with Gasteiger partial charge in [0.15, 0.2) is 11.0 Å². The molecule has 0 aliphatic heterocycles. The average molecular weight is 307 g/mol. The first kappa shape index (κ1) is 15.4. The molecule has 2 rings (SSSR count). The number of aliphatic carboxylic acids is 1. The minimum absolute atomic E-state index is 0.286. The fraction of sp³-hybridized carbons (Fsp3) is 0.357. The van der Waals surface area contributed by atoms with Crippen molar-refractivity contribution < 1.29 is 14.6 Å². The molecule has 112 valence electrons. The maximum atomic E-state index is 10.9. The number of aryl methyl sites for hydroxylation is 1. The molecule has 0 bridgehead atoms. The van der Waals surface area contributed by atoms with Crippen LogP contribution in [0, 0.1) is 6.92 Å². The van der Waals surface area contributed by atoms with Gasteiger partial charge in [-0.3, -0.25) is 4.79 Å². The summed E-state index contributed by atoms with van der Waals surface area (Å²) in [6, 6.07) is 7.74. The number of carbonyl (C=O) groups is 1. The van der Waals surface area contributed by atoms with E-state index in [9.17, 15) is 4.79 Å². The van der Waals surface area contributed by atoms with Crippen molar-refractivity contribution in [2.45, 2.75) is 30.9 Å². The lowest BCUT2D eigenvalue weighted by molar-refractivity contribution is -0.136. The van der Waals surface area contributed by atoms with Crippen molar-refractivity contribution in [1.29, 1.82) is 0 Å². The number of carboxylic acid groups (broad SMARTS) is 1. The van der Waals surface area contributed by atoms with Crippen LogP contribution < -0.4 is 4.74 Å². The third kappa shape index (κ3) is 3.98. The van der Waals surface area contributed by atoms with E-state index in [0.29, 0.717) is 11.0 Å². The maximum Gasteiger partial charge on any atom is 0.316 e. The summed E-state index contributed by atoms with van der Waals surface area (Å²) >= 11 is 1.16. The van der Waals surface area contributed by atoms with Crippen LogP contribution in [-0.4, -0.2) is 31.1 Å². The van der Waals surface area contributed by atoms with Crippen molar-refractivity contribution in [3.63, 3.8) is 0 Å². The predicted molar refractivity (Wildman–Crippen MR) is 79.5 cm³/mol. The molecule has 1 N–H and O–H groups in total. The van der Waals surface area contributed by atoms with Crippen molar-refractivity contribution in [3.8, 4) is 5.75 Å². The molecule has 1 atom stereocenters.